The van der Waals surface area contributed by atoms with Crippen molar-refractivity contribution in [1.29, 1.82) is 0 Å². The maximum Gasteiger partial charge on any atom is 0.315 e. The van der Waals surface area contributed by atoms with Gasteiger partial charge in [-0.05, 0) is 95.1 Å². The number of carbonyl (C=O) groups excluding carboxylic acids is 8. The second-order valence-electron chi connectivity index (χ2n) is 22.4. The molecule has 12 N–H and O–H groups in total. The van der Waals surface area contributed by atoms with Gasteiger partial charge in [0.2, 0.25) is 23.6 Å². The number of hydrogen-bond donors (Lipinski definition) is 11. The highest BCUT2D eigenvalue weighted by molar-refractivity contribution is 8.00. The average Bonchev–Trinajstić information content (AvgIpc) is 2.02. The number of thioether (sulfide) groups is 2. The van der Waals surface area contributed by atoms with Crippen LogP contribution in [0.15, 0.2) is 18.2 Å². The van der Waals surface area contributed by atoms with E-state index in [0.717, 1.165) is 55.8 Å². The number of amides is 10. The third-order valence-corrected chi connectivity index (χ3v) is 17.3. The van der Waals surface area contributed by atoms with Crippen molar-refractivity contribution in [2.45, 2.75) is 133 Å². The summed E-state index contributed by atoms with van der Waals surface area (Å²) in [5.41, 5.74) is 0.705. The molecule has 3 aliphatic heterocycles. The zero-order valence-corrected chi connectivity index (χ0v) is 56.2. The third kappa shape index (κ3) is 40.1. The van der Waals surface area contributed by atoms with E-state index < -0.39 is 11.8 Å². The Labute approximate surface area is 556 Å². The molecule has 1 aromatic carbocycles. The van der Waals surface area contributed by atoms with Crippen molar-refractivity contribution in [2.24, 2.45) is 5.90 Å². The number of nitrogens with two attached hydrogens (primary N) is 1. The molecule has 3 fully saturated rings. The van der Waals surface area contributed by atoms with Crippen molar-refractivity contribution in [2.75, 3.05) is 181 Å². The number of hydrogen-bond acceptors (Lipinski definition) is 21. The van der Waals surface area contributed by atoms with E-state index >= 15 is 0 Å². The maximum atomic E-state index is 13.4. The average molecular weight is 1360 g/mol. The first-order valence-electron chi connectivity index (χ1n) is 33.1. The molecule has 29 nitrogen and oxygen atoms in total. The van der Waals surface area contributed by atoms with Crippen LogP contribution >= 0.6 is 23.5 Å². The van der Waals surface area contributed by atoms with Crippen LogP contribution in [0.4, 0.5) is 15.3 Å². The van der Waals surface area contributed by atoms with Gasteiger partial charge in [-0.15, -0.1) is 0 Å². The number of urea groups is 2. The van der Waals surface area contributed by atoms with Gasteiger partial charge in [0.1, 0.15) is 6.61 Å². The Morgan fingerprint density at radius 1 is 0.484 bits per heavy atom. The lowest BCUT2D eigenvalue weighted by Gasteiger charge is -2.16. The molecule has 0 aromatic heterocycles. The summed E-state index contributed by atoms with van der Waals surface area (Å²) >= 11 is 3.71. The van der Waals surface area contributed by atoms with Crippen LogP contribution in [0.3, 0.4) is 0 Å². The van der Waals surface area contributed by atoms with Gasteiger partial charge in [-0.1, -0.05) is 12.8 Å². The number of fused-ring (bicyclic) bond motifs is 1. The lowest BCUT2D eigenvalue weighted by atomic mass is 10.0. The van der Waals surface area contributed by atoms with Crippen LogP contribution in [0.5, 0.6) is 0 Å². The number of carbonyl (C=O) groups is 8. The summed E-state index contributed by atoms with van der Waals surface area (Å²) in [6.45, 7) is 11.0. The number of unbranched alkanes of at least 4 members (excludes halogenated alkanes) is 4. The minimum atomic E-state index is -0.421. The Morgan fingerprint density at radius 2 is 0.935 bits per heavy atom. The Morgan fingerprint density at radius 3 is 1.46 bits per heavy atom. The van der Waals surface area contributed by atoms with Gasteiger partial charge >= 0.3 is 12.1 Å². The first-order chi connectivity index (χ1) is 45.4. The van der Waals surface area contributed by atoms with Crippen LogP contribution in [0, 0.1) is 0 Å². The first kappa shape index (κ1) is 80.3. The number of rotatable bonds is 60. The molecule has 3 saturated heterocycles. The van der Waals surface area contributed by atoms with E-state index in [1.807, 2.05) is 30.4 Å². The van der Waals surface area contributed by atoms with E-state index in [9.17, 15) is 38.4 Å². The molecular formula is C62H107N11O18S2. The van der Waals surface area contributed by atoms with Crippen molar-refractivity contribution in [3.05, 3.63) is 29.3 Å². The molecule has 0 radical (unpaired) electrons. The van der Waals surface area contributed by atoms with Gasteiger partial charge in [0.25, 0.3) is 11.8 Å². The highest BCUT2D eigenvalue weighted by Crippen LogP contribution is 2.33. The van der Waals surface area contributed by atoms with Crippen molar-refractivity contribution in [3.8, 4) is 0 Å². The molecule has 10 amide bonds. The third-order valence-electron chi connectivity index (χ3n) is 14.6. The molecule has 0 aliphatic carbocycles. The molecule has 5 atom stereocenters. The number of nitrogens with one attached hydrogen (secondary N) is 10. The largest absolute Gasteiger partial charge is 0.379 e. The summed E-state index contributed by atoms with van der Waals surface area (Å²) in [5, 5.41) is 29.2. The van der Waals surface area contributed by atoms with Crippen molar-refractivity contribution in [1.82, 2.24) is 47.9 Å². The van der Waals surface area contributed by atoms with Crippen molar-refractivity contribution < 1.29 is 85.8 Å². The quantitative estimate of drug-likeness (QED) is 0.0253. The monoisotopic (exact) mass is 1360 g/mol. The SMILES string of the molecule is CC1NC(=O)NC1CSCCCCCC(=O)NCCCOCCOCCOCCCNC(=O)c1cc(NC(=O)CCCCOCCOCCOCCCNC(=O)CON)cc(C(=O)NCCCOCCOCCOCCNC(=O)CCCCC2SCC3NC(=O)NC32)c1. The summed E-state index contributed by atoms with van der Waals surface area (Å²) in [7, 11) is 0. The van der Waals surface area contributed by atoms with Crippen LogP contribution in [-0.4, -0.2) is 252 Å². The summed E-state index contributed by atoms with van der Waals surface area (Å²) in [6, 6.07) is 5.07. The summed E-state index contributed by atoms with van der Waals surface area (Å²) in [6.07, 6.45) is 10.3. The highest BCUT2D eigenvalue weighted by atomic mass is 32.2. The molecule has 3 heterocycles. The first-order valence-corrected chi connectivity index (χ1v) is 35.3. The van der Waals surface area contributed by atoms with Crippen LogP contribution in [0.1, 0.15) is 124 Å². The van der Waals surface area contributed by atoms with E-state index in [-0.39, 0.29) is 84.0 Å². The predicted octanol–water partition coefficient (Wildman–Crippen LogP) is 2.29. The van der Waals surface area contributed by atoms with Crippen LogP contribution in [-0.2, 0) is 66.6 Å². The fraction of sp³-hybridized carbons (Fsp3) is 0.774. The van der Waals surface area contributed by atoms with Gasteiger partial charge in [0, 0.05) is 125 Å². The number of ether oxygens (including phenoxy) is 9. The molecule has 0 bridgehead atoms. The Hall–Kier alpha value is -5.16. The fourth-order valence-corrected chi connectivity index (χ4v) is 12.4. The molecule has 93 heavy (non-hydrogen) atoms. The lowest BCUT2D eigenvalue weighted by Crippen LogP contribution is -2.36. The topological polar surface area (TPSA) is 375 Å². The van der Waals surface area contributed by atoms with Gasteiger partial charge in [-0.2, -0.15) is 23.5 Å². The molecule has 530 valence electrons. The Balaban J connectivity index is 1.02. The molecule has 1 aromatic rings. The fourth-order valence-electron chi connectivity index (χ4n) is 9.61. The van der Waals surface area contributed by atoms with Crippen molar-refractivity contribution >= 4 is 76.7 Å². The van der Waals surface area contributed by atoms with Crippen molar-refractivity contribution in [3.63, 3.8) is 0 Å². The van der Waals surface area contributed by atoms with Crippen LogP contribution in [0.25, 0.3) is 0 Å². The molecule has 0 saturated carbocycles. The highest BCUT2D eigenvalue weighted by Gasteiger charge is 2.42. The second kappa shape index (κ2) is 53.0. The number of benzene rings is 1. The molecule has 0 spiro atoms. The van der Waals surface area contributed by atoms with Crippen LogP contribution < -0.4 is 59.1 Å². The van der Waals surface area contributed by atoms with E-state index in [4.69, 9.17) is 48.5 Å². The zero-order valence-electron chi connectivity index (χ0n) is 54.6. The zero-order chi connectivity index (χ0) is 66.6. The van der Waals surface area contributed by atoms with Crippen LogP contribution in [0.2, 0.25) is 0 Å². The molecule has 31 heteroatoms. The van der Waals surface area contributed by atoms with E-state index in [1.54, 1.807) is 0 Å². The minimum absolute atomic E-state index is 0.00258. The molecule has 4 rings (SSSR count). The summed E-state index contributed by atoms with van der Waals surface area (Å²) in [5.74, 6) is 6.33. The van der Waals surface area contributed by atoms with E-state index in [1.165, 1.54) is 18.2 Å². The summed E-state index contributed by atoms with van der Waals surface area (Å²) in [4.78, 5) is 103. The van der Waals surface area contributed by atoms with Gasteiger partial charge in [-0.25, -0.2) is 15.5 Å². The van der Waals surface area contributed by atoms with Gasteiger partial charge in [-0.3, -0.25) is 33.6 Å². The van der Waals surface area contributed by atoms with E-state index in [2.05, 4.69) is 58.0 Å². The second-order valence-corrected chi connectivity index (χ2v) is 24.8. The van der Waals surface area contributed by atoms with Gasteiger partial charge in [0.15, 0.2) is 0 Å². The smallest absolute Gasteiger partial charge is 0.315 e. The molecule has 5 unspecified atom stereocenters. The van der Waals surface area contributed by atoms with Gasteiger partial charge < -0.3 is 95.8 Å². The Kier molecular flexibility index (Phi) is 45.8. The van der Waals surface area contributed by atoms with E-state index in [0.29, 0.717) is 214 Å². The summed E-state index contributed by atoms with van der Waals surface area (Å²) < 4.78 is 50.4. The maximum absolute atomic E-state index is 13.4. The Bertz CT molecular complexity index is 2270. The van der Waals surface area contributed by atoms with Gasteiger partial charge in [0.05, 0.1) is 104 Å². The molecule has 3 aliphatic rings. The minimum Gasteiger partial charge on any atom is -0.379 e. The predicted molar refractivity (Wildman–Crippen MR) is 353 cm³/mol. The molecular weight excluding hydrogens is 1250 g/mol. The standard InChI is InChI=1S/C62H107N11O18S2/c1-47-51(71-61(80)69-47)45-92-40-8-2-3-14-54(74)64-17-9-23-83-29-36-89-37-31-85-25-11-19-67-59(78)48-41-49(43-50(42-48)70-56(76)16-6-7-22-82-28-34-88-35-30-84-24-10-18-65-57(77)44-91-63)60(79)68-20-12-26-86-32-38-90-39-33-87-27-21-66-55(75)15-5-4-13-53-58-52(46-93-53)72-62(81)73-58/h41-43,47,51-53,58H,2-40,44-46,63H2,1H3,(H,64,74)(H,65,77)(H,66,75)(H,67,78)(H,68,79)(H,70,76)(H2,69,71,80)(H2,72,73,81). The normalized spacial score (nSPS) is 17.2. The number of anilines is 1. The lowest BCUT2D eigenvalue weighted by molar-refractivity contribution is -0.126.